The number of amides is 2. The minimum Gasteiger partial charge on any atom is -0.493 e. The molecule has 0 saturated heterocycles. The van der Waals surface area contributed by atoms with Crippen LogP contribution in [0.2, 0.25) is 0 Å². The fourth-order valence-corrected chi connectivity index (χ4v) is 3.01. The third-order valence-corrected chi connectivity index (χ3v) is 4.51. The highest BCUT2D eigenvalue weighted by atomic mass is 32.2. The van der Waals surface area contributed by atoms with Crippen LogP contribution in [0.15, 0.2) is 35.5 Å². The maximum Gasteiger partial charge on any atom is 0.255 e. The maximum atomic E-state index is 12.7. The van der Waals surface area contributed by atoms with E-state index in [0.717, 1.165) is 10.8 Å². The molecule has 2 amide bonds. The van der Waals surface area contributed by atoms with Crippen LogP contribution in [-0.4, -0.2) is 55.8 Å². The van der Waals surface area contributed by atoms with Crippen LogP contribution in [0.25, 0.3) is 0 Å². The first-order valence-electron chi connectivity index (χ1n) is 8.29. The van der Waals surface area contributed by atoms with E-state index >= 15 is 0 Å². The monoisotopic (exact) mass is 389 g/mol. The second kappa shape index (κ2) is 9.27. The Morgan fingerprint density at radius 2 is 1.81 bits per heavy atom. The Kier molecular flexibility index (Phi) is 7.06. The summed E-state index contributed by atoms with van der Waals surface area (Å²) in [4.78, 5) is 30.9. The first-order valence-corrected chi connectivity index (χ1v) is 9.27. The van der Waals surface area contributed by atoms with Crippen molar-refractivity contribution in [3.8, 4) is 11.5 Å². The van der Waals surface area contributed by atoms with Gasteiger partial charge < -0.3 is 19.7 Å². The first-order chi connectivity index (χ1) is 12.9. The molecule has 27 heavy (non-hydrogen) atoms. The lowest BCUT2D eigenvalue weighted by Crippen LogP contribution is -2.24. The number of anilines is 1. The van der Waals surface area contributed by atoms with Gasteiger partial charge in [0.25, 0.3) is 11.8 Å². The number of ether oxygens (including phenoxy) is 2. The van der Waals surface area contributed by atoms with Crippen molar-refractivity contribution in [3.05, 3.63) is 41.6 Å². The number of hydrogen-bond donors (Lipinski definition) is 1. The van der Waals surface area contributed by atoms with Crippen LogP contribution in [0.1, 0.15) is 27.6 Å². The molecule has 0 bridgehead atoms. The summed E-state index contributed by atoms with van der Waals surface area (Å²) in [6.07, 6.45) is 1.59. The van der Waals surface area contributed by atoms with E-state index in [4.69, 9.17) is 9.47 Å². The predicted octanol–water partition coefficient (Wildman–Crippen LogP) is 3.16. The largest absolute Gasteiger partial charge is 0.493 e. The Labute approximate surface area is 163 Å². The summed E-state index contributed by atoms with van der Waals surface area (Å²) in [5, 5.41) is 3.56. The van der Waals surface area contributed by atoms with Crippen molar-refractivity contribution in [2.75, 3.05) is 39.4 Å². The lowest BCUT2D eigenvalue weighted by atomic mass is 10.1. The van der Waals surface area contributed by atoms with Gasteiger partial charge in [-0.3, -0.25) is 9.59 Å². The third kappa shape index (κ3) is 4.91. The zero-order valence-electron chi connectivity index (χ0n) is 16.0. The first kappa shape index (κ1) is 20.6. The fourth-order valence-electron chi connectivity index (χ4n) is 2.37. The number of pyridine rings is 1. The summed E-state index contributed by atoms with van der Waals surface area (Å²) in [7, 11) is 6.27. The molecule has 2 rings (SSSR count). The maximum absolute atomic E-state index is 12.7. The fraction of sp³-hybridized carbons (Fsp3) is 0.316. The Balaban J connectivity index is 2.42. The summed E-state index contributed by atoms with van der Waals surface area (Å²) in [6, 6.07) is 6.49. The molecule has 1 aromatic heterocycles. The molecular formula is C19H23N3O4S. The van der Waals surface area contributed by atoms with Crippen LogP contribution >= 0.6 is 11.8 Å². The van der Waals surface area contributed by atoms with E-state index in [-0.39, 0.29) is 11.8 Å². The molecular weight excluding hydrogens is 366 g/mol. The smallest absolute Gasteiger partial charge is 0.255 e. The highest BCUT2D eigenvalue weighted by Crippen LogP contribution is 2.34. The number of hydrogen-bond acceptors (Lipinski definition) is 6. The number of rotatable bonds is 7. The lowest BCUT2D eigenvalue weighted by Gasteiger charge is -2.18. The number of methoxy groups -OCH3 is 2. The van der Waals surface area contributed by atoms with Crippen molar-refractivity contribution in [2.24, 2.45) is 0 Å². The van der Waals surface area contributed by atoms with Gasteiger partial charge in [0.1, 0.15) is 0 Å². The SMILES string of the molecule is CCSc1cc(C(=O)Nc2cc(OC)c(OC)cc2C(=O)N(C)C)ccn1. The normalized spacial score (nSPS) is 10.3. The van der Waals surface area contributed by atoms with Gasteiger partial charge in [0, 0.05) is 31.9 Å². The molecule has 0 atom stereocenters. The van der Waals surface area contributed by atoms with Crippen molar-refractivity contribution in [1.29, 1.82) is 0 Å². The molecule has 1 N–H and O–H groups in total. The lowest BCUT2D eigenvalue weighted by molar-refractivity contribution is 0.0828. The summed E-state index contributed by atoms with van der Waals surface area (Å²) in [5.41, 5.74) is 1.11. The number of benzene rings is 1. The molecule has 0 saturated carbocycles. The topological polar surface area (TPSA) is 80.8 Å². The second-order valence-electron chi connectivity index (χ2n) is 5.72. The molecule has 0 fully saturated rings. The molecule has 1 heterocycles. The number of aromatic nitrogens is 1. The molecule has 8 heteroatoms. The third-order valence-electron chi connectivity index (χ3n) is 3.70. The van der Waals surface area contributed by atoms with E-state index in [1.165, 1.54) is 19.1 Å². The van der Waals surface area contributed by atoms with Crippen molar-refractivity contribution in [2.45, 2.75) is 11.9 Å². The zero-order chi connectivity index (χ0) is 20.0. The summed E-state index contributed by atoms with van der Waals surface area (Å²) < 4.78 is 10.6. The van der Waals surface area contributed by atoms with Crippen LogP contribution in [-0.2, 0) is 0 Å². The Morgan fingerprint density at radius 1 is 1.15 bits per heavy atom. The Bertz CT molecular complexity index is 840. The number of nitrogens with one attached hydrogen (secondary N) is 1. The molecule has 0 aliphatic carbocycles. The zero-order valence-corrected chi connectivity index (χ0v) is 16.8. The summed E-state index contributed by atoms with van der Waals surface area (Å²) >= 11 is 1.55. The number of thioether (sulfide) groups is 1. The van der Waals surface area contributed by atoms with Gasteiger partial charge in [-0.1, -0.05) is 6.92 Å². The van der Waals surface area contributed by atoms with E-state index in [0.29, 0.717) is 28.3 Å². The number of nitrogens with zero attached hydrogens (tertiary/aromatic N) is 2. The van der Waals surface area contributed by atoms with E-state index in [1.807, 2.05) is 6.92 Å². The van der Waals surface area contributed by atoms with E-state index in [9.17, 15) is 9.59 Å². The molecule has 144 valence electrons. The van der Waals surface area contributed by atoms with Crippen LogP contribution in [0.5, 0.6) is 11.5 Å². The van der Waals surface area contributed by atoms with Gasteiger partial charge in [-0.05, 0) is 24.0 Å². The summed E-state index contributed by atoms with van der Waals surface area (Å²) in [5.74, 6) is 1.08. The number of carbonyl (C=O) groups is 2. The Morgan fingerprint density at radius 3 is 2.41 bits per heavy atom. The quantitative estimate of drug-likeness (QED) is 0.733. The molecule has 0 spiro atoms. The van der Waals surface area contributed by atoms with Gasteiger partial charge in [-0.25, -0.2) is 4.98 Å². The average Bonchev–Trinajstić information content (AvgIpc) is 2.67. The van der Waals surface area contributed by atoms with Crippen molar-refractivity contribution in [3.63, 3.8) is 0 Å². The van der Waals surface area contributed by atoms with Gasteiger partial charge in [0.15, 0.2) is 11.5 Å². The van der Waals surface area contributed by atoms with Crippen molar-refractivity contribution in [1.82, 2.24) is 9.88 Å². The molecule has 0 aliphatic rings. The van der Waals surface area contributed by atoms with E-state index in [2.05, 4.69) is 10.3 Å². The Hall–Kier alpha value is -2.74. The molecule has 0 aliphatic heterocycles. The van der Waals surface area contributed by atoms with Gasteiger partial charge in [0.2, 0.25) is 0 Å². The number of carbonyl (C=O) groups excluding carboxylic acids is 2. The minimum atomic E-state index is -0.338. The summed E-state index contributed by atoms with van der Waals surface area (Å²) in [6.45, 7) is 2.02. The van der Waals surface area contributed by atoms with E-state index in [1.54, 1.807) is 56.3 Å². The van der Waals surface area contributed by atoms with Crippen LogP contribution in [0.4, 0.5) is 5.69 Å². The van der Waals surface area contributed by atoms with Crippen molar-refractivity contribution < 1.29 is 19.1 Å². The van der Waals surface area contributed by atoms with Crippen LogP contribution in [0.3, 0.4) is 0 Å². The highest BCUT2D eigenvalue weighted by Gasteiger charge is 2.20. The van der Waals surface area contributed by atoms with Gasteiger partial charge in [0.05, 0.1) is 30.5 Å². The molecule has 2 aromatic rings. The van der Waals surface area contributed by atoms with Crippen molar-refractivity contribution >= 4 is 29.3 Å². The van der Waals surface area contributed by atoms with Crippen LogP contribution in [0, 0.1) is 0 Å². The standard InChI is InChI=1S/C19H23N3O4S/c1-6-27-17-9-12(7-8-20-17)18(23)21-14-11-16(26-5)15(25-4)10-13(14)19(24)22(2)3/h7-11H,6H2,1-5H3,(H,21,23). The van der Waals surface area contributed by atoms with Gasteiger partial charge in [-0.15, -0.1) is 11.8 Å². The van der Waals surface area contributed by atoms with E-state index < -0.39 is 0 Å². The van der Waals surface area contributed by atoms with Crippen LogP contribution < -0.4 is 14.8 Å². The second-order valence-corrected chi connectivity index (χ2v) is 7.01. The molecule has 0 radical (unpaired) electrons. The molecule has 0 unspecified atom stereocenters. The molecule has 7 nitrogen and oxygen atoms in total. The highest BCUT2D eigenvalue weighted by molar-refractivity contribution is 7.99. The van der Waals surface area contributed by atoms with Gasteiger partial charge >= 0.3 is 0 Å². The molecule has 1 aromatic carbocycles. The van der Waals surface area contributed by atoms with Gasteiger partial charge in [-0.2, -0.15) is 0 Å². The predicted molar refractivity (Wildman–Crippen MR) is 106 cm³/mol. The minimum absolute atomic E-state index is 0.261. The average molecular weight is 389 g/mol.